The molecule has 3 N–H and O–H groups in total. The lowest BCUT2D eigenvalue weighted by Gasteiger charge is -2.19. The molecule has 0 saturated carbocycles. The van der Waals surface area contributed by atoms with Gasteiger partial charge in [-0.15, -0.1) is 0 Å². The van der Waals surface area contributed by atoms with Crippen molar-refractivity contribution in [1.29, 1.82) is 0 Å². The molecule has 0 saturated heterocycles. The van der Waals surface area contributed by atoms with Gasteiger partial charge in [-0.1, -0.05) is 144 Å². The van der Waals surface area contributed by atoms with Crippen LogP contribution in [0, 0.1) is 34.6 Å². The molecule has 9 rings (SSSR count). The van der Waals surface area contributed by atoms with Gasteiger partial charge in [0.1, 0.15) is 5.60 Å². The van der Waals surface area contributed by atoms with Crippen LogP contribution in [-0.2, 0) is 4.74 Å². The van der Waals surface area contributed by atoms with E-state index in [0.29, 0.717) is 31.2 Å². The fourth-order valence-electron chi connectivity index (χ4n) is 7.83. The maximum absolute atomic E-state index is 12.3. The normalized spacial score (nSPS) is 10.7. The van der Waals surface area contributed by atoms with Crippen molar-refractivity contribution >= 4 is 126 Å². The summed E-state index contributed by atoms with van der Waals surface area (Å²) in [5, 5.41) is 11.7. The molecular formula is C64H57Cl3N6O2S3. The monoisotopic (exact) mass is 1140 g/mol. The fraction of sp³-hybridized carbons (Fsp3) is 0.141. The molecule has 0 aliphatic heterocycles. The van der Waals surface area contributed by atoms with Crippen LogP contribution in [-0.4, -0.2) is 41.1 Å². The second-order valence-electron chi connectivity index (χ2n) is 19.2. The zero-order valence-corrected chi connectivity index (χ0v) is 49.1. The topological polar surface area (TPSA) is 101 Å². The minimum atomic E-state index is -0.570. The minimum absolute atomic E-state index is 0.373. The van der Waals surface area contributed by atoms with Gasteiger partial charge in [0.2, 0.25) is 0 Å². The van der Waals surface area contributed by atoms with Crippen molar-refractivity contribution in [2.45, 2.75) is 61.0 Å². The van der Waals surface area contributed by atoms with Gasteiger partial charge in [-0.25, -0.2) is 4.79 Å². The van der Waals surface area contributed by atoms with E-state index in [1.807, 2.05) is 175 Å². The van der Waals surface area contributed by atoms with Crippen molar-refractivity contribution in [2.75, 3.05) is 16.0 Å². The number of nitrogens with one attached hydrogen (secondary N) is 3. The summed E-state index contributed by atoms with van der Waals surface area (Å²) >= 11 is 36.4. The highest BCUT2D eigenvalue weighted by atomic mass is 35.5. The first-order chi connectivity index (χ1) is 37.2. The predicted octanol–water partition coefficient (Wildman–Crippen LogP) is 18.2. The number of hydrogen-bond donors (Lipinski definition) is 3. The largest absolute Gasteiger partial charge is 0.456 e. The average Bonchev–Trinajstić information content (AvgIpc) is 3.41. The molecule has 0 bridgehead atoms. The number of aryl methyl sites for hydroxylation is 5. The van der Waals surface area contributed by atoms with Gasteiger partial charge < -0.3 is 20.7 Å². The molecule has 3 aromatic heterocycles. The Kier molecular flexibility index (Phi) is 20.2. The number of carbonyl (C=O) groups excluding carboxylic acids is 1. The number of hydrogen-bond acceptors (Lipinski definition) is 11. The molecule has 9 aromatic rings. The Hall–Kier alpha value is -7.22. The quantitative estimate of drug-likeness (QED) is 0.0585. The number of carbonyl (C=O) groups is 1. The molecule has 0 atom stereocenters. The summed E-state index contributed by atoms with van der Waals surface area (Å²) < 4.78 is 5.40. The molecule has 0 spiro atoms. The molecular weight excluding hydrogens is 1090 g/mol. The van der Waals surface area contributed by atoms with Crippen molar-refractivity contribution in [2.24, 2.45) is 0 Å². The summed E-state index contributed by atoms with van der Waals surface area (Å²) in [6.07, 6.45) is 8.49. The van der Waals surface area contributed by atoms with Crippen LogP contribution >= 0.6 is 71.5 Å². The molecule has 0 unspecified atom stereocenters. The fourth-order valence-corrected chi connectivity index (χ4v) is 10.0. The number of rotatable bonds is 13. The lowest BCUT2D eigenvalue weighted by Crippen LogP contribution is -2.24. The number of benzene rings is 6. The maximum Gasteiger partial charge on any atom is 0.340 e. The van der Waals surface area contributed by atoms with E-state index < -0.39 is 11.6 Å². The van der Waals surface area contributed by atoms with E-state index >= 15 is 0 Å². The lowest BCUT2D eigenvalue weighted by atomic mass is 10.00. The Bertz CT molecular complexity index is 3660. The van der Waals surface area contributed by atoms with Crippen LogP contribution in [0.3, 0.4) is 0 Å². The Balaban J connectivity index is 0.000000171. The number of pyridine rings is 3. The van der Waals surface area contributed by atoms with Crippen molar-refractivity contribution in [3.63, 3.8) is 0 Å². The van der Waals surface area contributed by atoms with Crippen LogP contribution in [0.2, 0.25) is 15.1 Å². The first-order valence-corrected chi connectivity index (χ1v) is 27.1. The van der Waals surface area contributed by atoms with Crippen LogP contribution in [0.1, 0.15) is 92.5 Å². The summed E-state index contributed by atoms with van der Waals surface area (Å²) in [7, 11) is 0. The van der Waals surface area contributed by atoms with E-state index in [9.17, 15) is 4.79 Å². The van der Waals surface area contributed by atoms with Crippen molar-refractivity contribution < 1.29 is 9.53 Å². The molecule has 0 fully saturated rings. The molecule has 0 amide bonds. The zero-order valence-electron chi connectivity index (χ0n) is 44.3. The van der Waals surface area contributed by atoms with Gasteiger partial charge in [-0.05, 0) is 173 Å². The van der Waals surface area contributed by atoms with Crippen molar-refractivity contribution in [1.82, 2.24) is 15.0 Å². The first kappa shape index (κ1) is 58.5. The van der Waals surface area contributed by atoms with Crippen LogP contribution < -0.4 is 16.0 Å². The first-order valence-electron chi connectivity index (χ1n) is 24.8. The van der Waals surface area contributed by atoms with Crippen molar-refractivity contribution in [3.8, 4) is 0 Å². The average molecular weight is 1140 g/mol. The summed E-state index contributed by atoms with van der Waals surface area (Å²) in [5.41, 5.74) is 16.0. The number of halogens is 3. The van der Waals surface area contributed by atoms with Crippen LogP contribution in [0.25, 0.3) is 0 Å². The van der Waals surface area contributed by atoms with E-state index in [2.05, 4.69) is 56.9 Å². The Morgan fingerprint density at radius 3 is 1.29 bits per heavy atom. The maximum atomic E-state index is 12.3. The number of ether oxygens (including phenoxy) is 1. The van der Waals surface area contributed by atoms with Gasteiger partial charge in [0.25, 0.3) is 0 Å². The second kappa shape index (κ2) is 26.9. The van der Waals surface area contributed by atoms with Gasteiger partial charge in [0.05, 0.1) is 70.9 Å². The standard InChI is InChI=1S/C24H23ClN2O2S.2C20H17ClN2S/c1-15-7-5-6-8-19(15)22(30)20-10-9-17(12-21(20)25)27-18-11-16(13-26-14-18)23(28)29-24(2,3)4;1-13-5-3-4-6-16(13)20(24)17-8-7-15(11-18(17)21)23-19-12-22-10-9-14(19)2;1-13-5-3-4-6-17(13)20(24)18-10-9-15(11-19(18)21)23-16-8-7-14(2)22-12-16/h5-14,27H,1-4H3;2*3-12,23H,1-2H3. The van der Waals surface area contributed by atoms with Crippen molar-refractivity contribution in [3.05, 3.63) is 265 Å². The molecule has 8 nitrogen and oxygen atoms in total. The third kappa shape index (κ3) is 15.9. The van der Waals surface area contributed by atoms with E-state index in [4.69, 9.17) is 76.2 Å². The minimum Gasteiger partial charge on any atom is -0.456 e. The summed E-state index contributed by atoms with van der Waals surface area (Å²) in [5.74, 6) is -0.421. The van der Waals surface area contributed by atoms with E-state index in [1.54, 1.807) is 30.9 Å². The molecule has 394 valence electrons. The Morgan fingerprint density at radius 2 is 0.885 bits per heavy atom. The third-order valence-electron chi connectivity index (χ3n) is 12.0. The zero-order chi connectivity index (χ0) is 56.1. The number of esters is 1. The van der Waals surface area contributed by atoms with E-state index in [0.717, 1.165) is 99.5 Å². The molecule has 6 aromatic carbocycles. The SMILES string of the molecule is Cc1ccc(Nc2ccc(C(=S)c3ccccc3C)c(Cl)c2)cn1.Cc1ccccc1C(=S)c1ccc(Nc2cncc(C(=O)OC(C)(C)C)c2)cc1Cl.Cc1ccncc1Nc1ccc(C(=S)c2ccccc2C)c(Cl)c1. The number of nitrogens with zero attached hydrogens (tertiary/aromatic N) is 3. The van der Waals surface area contributed by atoms with Gasteiger partial charge in [0.15, 0.2) is 0 Å². The van der Waals surface area contributed by atoms with Gasteiger partial charge in [-0.2, -0.15) is 0 Å². The van der Waals surface area contributed by atoms with E-state index in [-0.39, 0.29) is 0 Å². The molecule has 0 radical (unpaired) electrons. The molecule has 0 aliphatic rings. The number of anilines is 6. The van der Waals surface area contributed by atoms with E-state index in [1.165, 1.54) is 6.20 Å². The van der Waals surface area contributed by atoms with Crippen LogP contribution in [0.15, 0.2) is 183 Å². The van der Waals surface area contributed by atoms with Crippen LogP contribution in [0.4, 0.5) is 34.1 Å². The van der Waals surface area contributed by atoms with Crippen LogP contribution in [0.5, 0.6) is 0 Å². The van der Waals surface area contributed by atoms with Gasteiger partial charge in [-0.3, -0.25) is 15.0 Å². The lowest BCUT2D eigenvalue weighted by molar-refractivity contribution is 0.00690. The second-order valence-corrected chi connectivity index (χ2v) is 21.7. The Morgan fingerprint density at radius 1 is 0.449 bits per heavy atom. The highest BCUT2D eigenvalue weighted by molar-refractivity contribution is 7.81. The number of thiocarbonyl (C=S) groups is 3. The third-order valence-corrected chi connectivity index (χ3v) is 14.2. The highest BCUT2D eigenvalue weighted by Crippen LogP contribution is 2.31. The predicted molar refractivity (Wildman–Crippen MR) is 338 cm³/mol. The van der Waals surface area contributed by atoms with Gasteiger partial charge in [0, 0.05) is 51.8 Å². The highest BCUT2D eigenvalue weighted by Gasteiger charge is 2.19. The summed E-state index contributed by atoms with van der Waals surface area (Å²) in [4.78, 5) is 27.1. The van der Waals surface area contributed by atoms with Gasteiger partial charge >= 0.3 is 5.97 Å². The molecule has 14 heteroatoms. The number of aromatic nitrogens is 3. The molecule has 78 heavy (non-hydrogen) atoms. The Labute approximate surface area is 488 Å². The summed E-state index contributed by atoms with van der Waals surface area (Å²) in [6, 6.07) is 49.0. The smallest absolute Gasteiger partial charge is 0.340 e. The molecule has 0 aliphatic carbocycles. The molecule has 3 heterocycles. The summed E-state index contributed by atoms with van der Waals surface area (Å²) in [6.45, 7) is 15.6.